The average Bonchev–Trinajstić information content (AvgIpc) is 2.42. The van der Waals surface area contributed by atoms with E-state index in [2.05, 4.69) is 0 Å². The number of hydrogen-bond donors (Lipinski definition) is 1. The minimum atomic E-state index is -0.449. The van der Waals surface area contributed by atoms with E-state index in [1.807, 2.05) is 6.07 Å². The molecule has 5 nitrogen and oxygen atoms in total. The highest BCUT2D eigenvalue weighted by Crippen LogP contribution is 2.30. The van der Waals surface area contributed by atoms with E-state index in [0.717, 1.165) is 31.4 Å². The van der Waals surface area contributed by atoms with Crippen molar-refractivity contribution in [2.45, 2.75) is 30.6 Å². The van der Waals surface area contributed by atoms with Gasteiger partial charge in [0.2, 0.25) is 0 Å². The van der Waals surface area contributed by atoms with Crippen molar-refractivity contribution in [3.05, 3.63) is 33.9 Å². The lowest BCUT2D eigenvalue weighted by Crippen LogP contribution is -1.93. The summed E-state index contributed by atoms with van der Waals surface area (Å²) in [7, 11) is 0. The van der Waals surface area contributed by atoms with E-state index in [9.17, 15) is 10.1 Å². The highest BCUT2D eigenvalue weighted by atomic mass is 32.2. The van der Waals surface area contributed by atoms with Crippen LogP contribution in [0.3, 0.4) is 0 Å². The molecule has 0 amide bonds. The lowest BCUT2D eigenvalue weighted by atomic mass is 10.2. The van der Waals surface area contributed by atoms with Gasteiger partial charge in [0.1, 0.15) is 0 Å². The van der Waals surface area contributed by atoms with Gasteiger partial charge in [-0.05, 0) is 30.7 Å². The smallest absolute Gasteiger partial charge is 0.284 e. The van der Waals surface area contributed by atoms with Gasteiger partial charge >= 0.3 is 0 Å². The molecule has 0 radical (unpaired) electrons. The van der Waals surface area contributed by atoms with Crippen LogP contribution in [0.1, 0.15) is 31.2 Å². The van der Waals surface area contributed by atoms with Crippen LogP contribution < -0.4 is 0 Å². The van der Waals surface area contributed by atoms with Gasteiger partial charge in [0.15, 0.2) is 0 Å². The van der Waals surface area contributed by atoms with Gasteiger partial charge in [0.25, 0.3) is 5.69 Å². The number of nitro groups is 1. The SMILES string of the molecule is N#Cc1ccc(SCCCCCCO)c([N+](=O)[O-])c1. The minimum Gasteiger partial charge on any atom is -0.396 e. The van der Waals surface area contributed by atoms with Crippen molar-refractivity contribution in [2.24, 2.45) is 0 Å². The number of aliphatic hydroxyl groups excluding tert-OH is 1. The first kappa shape index (κ1) is 15.5. The van der Waals surface area contributed by atoms with Crippen molar-refractivity contribution in [3.63, 3.8) is 0 Å². The summed E-state index contributed by atoms with van der Waals surface area (Å²) in [5.74, 6) is 0.804. The Labute approximate surface area is 116 Å². The lowest BCUT2D eigenvalue weighted by molar-refractivity contribution is -0.387. The molecule has 6 heteroatoms. The first-order valence-electron chi connectivity index (χ1n) is 6.11. The van der Waals surface area contributed by atoms with Crippen LogP contribution in [0.15, 0.2) is 23.1 Å². The summed E-state index contributed by atoms with van der Waals surface area (Å²) in [5.41, 5.74) is 0.304. The van der Waals surface area contributed by atoms with Gasteiger partial charge in [-0.15, -0.1) is 11.8 Å². The predicted octanol–water partition coefficient (Wildman–Crippen LogP) is 3.11. The molecule has 1 aromatic rings. The maximum atomic E-state index is 10.9. The molecular formula is C13H16N2O3S. The topological polar surface area (TPSA) is 87.2 Å². The molecule has 0 atom stereocenters. The number of thioether (sulfide) groups is 1. The number of nitro benzene ring substituents is 1. The fraction of sp³-hybridized carbons (Fsp3) is 0.462. The molecule has 0 fully saturated rings. The van der Waals surface area contributed by atoms with E-state index < -0.39 is 4.92 Å². The standard InChI is InChI=1S/C13H16N2O3S/c14-10-11-5-6-13(12(9-11)15(17)18)19-8-4-2-1-3-7-16/h5-6,9,16H,1-4,7-8H2. The summed E-state index contributed by atoms with van der Waals surface area (Å²) in [6.07, 6.45) is 3.76. The number of hydrogen-bond acceptors (Lipinski definition) is 5. The molecule has 1 rings (SSSR count). The Balaban J connectivity index is 2.53. The van der Waals surface area contributed by atoms with Crippen molar-refractivity contribution < 1.29 is 10.0 Å². The molecule has 0 aliphatic rings. The van der Waals surface area contributed by atoms with Gasteiger partial charge in [-0.1, -0.05) is 12.8 Å². The molecule has 0 heterocycles. The van der Waals surface area contributed by atoms with Gasteiger partial charge in [0, 0.05) is 12.7 Å². The molecule has 0 aliphatic heterocycles. The highest BCUT2D eigenvalue weighted by molar-refractivity contribution is 7.99. The summed E-state index contributed by atoms with van der Waals surface area (Å²) in [5, 5.41) is 28.3. The largest absolute Gasteiger partial charge is 0.396 e. The Morgan fingerprint density at radius 3 is 2.68 bits per heavy atom. The number of nitrogens with zero attached hydrogens (tertiary/aromatic N) is 2. The summed E-state index contributed by atoms with van der Waals surface area (Å²) in [4.78, 5) is 11.1. The first-order valence-corrected chi connectivity index (χ1v) is 7.10. The van der Waals surface area contributed by atoms with Crippen molar-refractivity contribution in [1.82, 2.24) is 0 Å². The lowest BCUT2D eigenvalue weighted by Gasteiger charge is -2.03. The van der Waals surface area contributed by atoms with Crippen molar-refractivity contribution in [2.75, 3.05) is 12.4 Å². The van der Waals surface area contributed by atoms with Crippen LogP contribution in [0.4, 0.5) is 5.69 Å². The van der Waals surface area contributed by atoms with Crippen LogP contribution in [0.5, 0.6) is 0 Å². The molecule has 0 bridgehead atoms. The molecule has 0 spiro atoms. The zero-order valence-electron chi connectivity index (χ0n) is 10.5. The van der Waals surface area contributed by atoms with Gasteiger partial charge in [-0.3, -0.25) is 10.1 Å². The average molecular weight is 280 g/mol. The summed E-state index contributed by atoms with van der Waals surface area (Å²) in [6.45, 7) is 0.217. The van der Waals surface area contributed by atoms with E-state index >= 15 is 0 Å². The van der Waals surface area contributed by atoms with Crippen LogP contribution in [-0.4, -0.2) is 22.4 Å². The van der Waals surface area contributed by atoms with Crippen LogP contribution in [0.2, 0.25) is 0 Å². The van der Waals surface area contributed by atoms with Gasteiger partial charge in [0.05, 0.1) is 21.5 Å². The summed E-state index contributed by atoms with van der Waals surface area (Å²) in [6, 6.07) is 6.45. The number of nitriles is 1. The molecule has 0 saturated heterocycles. The third-order valence-electron chi connectivity index (χ3n) is 2.59. The first-order chi connectivity index (χ1) is 9.19. The summed E-state index contributed by atoms with van der Waals surface area (Å²) < 4.78 is 0. The molecule has 0 aliphatic carbocycles. The molecule has 0 aromatic heterocycles. The van der Waals surface area contributed by atoms with E-state index in [1.54, 1.807) is 12.1 Å². The van der Waals surface area contributed by atoms with Crippen LogP contribution in [0, 0.1) is 21.4 Å². The Morgan fingerprint density at radius 1 is 1.32 bits per heavy atom. The predicted molar refractivity (Wildman–Crippen MR) is 74.1 cm³/mol. The maximum absolute atomic E-state index is 10.9. The molecule has 1 N–H and O–H groups in total. The monoisotopic (exact) mass is 280 g/mol. The quantitative estimate of drug-likeness (QED) is 0.342. The van der Waals surface area contributed by atoms with Crippen molar-refractivity contribution in [1.29, 1.82) is 5.26 Å². The molecule has 102 valence electrons. The Morgan fingerprint density at radius 2 is 2.05 bits per heavy atom. The van der Waals surface area contributed by atoms with E-state index in [1.165, 1.54) is 17.8 Å². The van der Waals surface area contributed by atoms with E-state index in [-0.39, 0.29) is 12.3 Å². The van der Waals surface area contributed by atoms with Crippen molar-refractivity contribution in [3.8, 4) is 6.07 Å². The number of unbranched alkanes of at least 4 members (excludes halogenated alkanes) is 3. The van der Waals surface area contributed by atoms with E-state index in [0.29, 0.717) is 10.5 Å². The zero-order chi connectivity index (χ0) is 14.1. The second-order valence-corrected chi connectivity index (χ2v) is 5.17. The molecule has 0 saturated carbocycles. The second kappa shape index (κ2) is 8.51. The van der Waals surface area contributed by atoms with Gasteiger partial charge < -0.3 is 5.11 Å². The Hall–Kier alpha value is -1.58. The van der Waals surface area contributed by atoms with Gasteiger partial charge in [-0.2, -0.15) is 5.26 Å². The van der Waals surface area contributed by atoms with Gasteiger partial charge in [-0.25, -0.2) is 0 Å². The zero-order valence-corrected chi connectivity index (χ0v) is 11.4. The summed E-state index contributed by atoms with van der Waals surface area (Å²) >= 11 is 1.44. The fourth-order valence-electron chi connectivity index (χ4n) is 1.60. The van der Waals surface area contributed by atoms with Crippen molar-refractivity contribution >= 4 is 17.4 Å². The van der Waals surface area contributed by atoms with Crippen LogP contribution in [0.25, 0.3) is 0 Å². The Kier molecular flexibility index (Phi) is 6.93. The maximum Gasteiger partial charge on any atom is 0.284 e. The second-order valence-electron chi connectivity index (χ2n) is 4.04. The highest BCUT2D eigenvalue weighted by Gasteiger charge is 2.14. The fourth-order valence-corrected chi connectivity index (χ4v) is 2.62. The van der Waals surface area contributed by atoms with Crippen LogP contribution >= 0.6 is 11.8 Å². The number of aliphatic hydroxyl groups is 1. The molecular weight excluding hydrogens is 264 g/mol. The normalized spacial score (nSPS) is 10.1. The molecule has 19 heavy (non-hydrogen) atoms. The van der Waals surface area contributed by atoms with Crippen LogP contribution in [-0.2, 0) is 0 Å². The third kappa shape index (κ3) is 5.28. The van der Waals surface area contributed by atoms with E-state index in [4.69, 9.17) is 10.4 Å². The number of rotatable bonds is 8. The third-order valence-corrected chi connectivity index (χ3v) is 3.74. The molecule has 1 aromatic carbocycles. The number of benzene rings is 1. The Bertz CT molecular complexity index is 471. The molecule has 0 unspecified atom stereocenters. The minimum absolute atomic E-state index is 0.000548.